The molecule has 0 bridgehead atoms. The van der Waals surface area contributed by atoms with Crippen molar-refractivity contribution in [3.05, 3.63) is 22.3 Å². The van der Waals surface area contributed by atoms with Crippen molar-refractivity contribution >= 4 is 27.7 Å². The molecule has 66 valence electrons. The monoisotopic (exact) mass is 232 g/mol. The van der Waals surface area contributed by atoms with Crippen LogP contribution in [0.5, 0.6) is 0 Å². The number of ether oxygens (including phenoxy) is 1. The molecule has 0 aliphatic heterocycles. The third kappa shape index (κ3) is 1.73. The number of nitrogens with zero attached hydrogens (tertiary/aromatic N) is 1. The van der Waals surface area contributed by atoms with E-state index in [9.17, 15) is 4.79 Å². The van der Waals surface area contributed by atoms with Crippen LogP contribution in [0.1, 0.15) is 11.9 Å². The molecule has 4 nitrogen and oxygen atoms in total. The predicted octanol–water partition coefficient (Wildman–Crippen LogP) is 1.46. The minimum Gasteiger partial charge on any atom is -0.464 e. The van der Waals surface area contributed by atoms with E-state index in [1.54, 1.807) is 6.07 Å². The first-order chi connectivity index (χ1) is 5.65. The Morgan fingerprint density at radius 3 is 2.92 bits per heavy atom. The lowest BCUT2D eigenvalue weighted by molar-refractivity contribution is 0.0594. The van der Waals surface area contributed by atoms with Crippen LogP contribution in [0.3, 0.4) is 0 Å². The van der Waals surface area contributed by atoms with Gasteiger partial charge in [0.05, 0.1) is 11.6 Å². The third-order valence-electron chi connectivity index (χ3n) is 1.27. The summed E-state index contributed by atoms with van der Waals surface area (Å²) in [5.41, 5.74) is 5.65. The molecular weight excluding hydrogens is 224 g/mol. The van der Waals surface area contributed by atoms with Gasteiger partial charge in [0.15, 0.2) is 5.69 Å². The van der Waals surface area contributed by atoms with Gasteiger partial charge in [-0.2, -0.15) is 0 Å². The lowest BCUT2D eigenvalue weighted by Gasteiger charge is -2.00. The van der Waals surface area contributed by atoms with Gasteiger partial charge in [0, 0.05) is 1.43 Å². The molecule has 2 N–H and O–H groups in total. The summed E-state index contributed by atoms with van der Waals surface area (Å²) < 4.78 is 5.12. The molecule has 0 aliphatic rings. The van der Waals surface area contributed by atoms with Gasteiger partial charge in [-0.1, -0.05) is 0 Å². The Bertz CT molecular complexity index is 319. The number of rotatable bonds is 1. The van der Waals surface area contributed by atoms with Crippen LogP contribution in [-0.2, 0) is 4.74 Å². The highest BCUT2D eigenvalue weighted by atomic mass is 79.9. The van der Waals surface area contributed by atoms with Crippen LogP contribution in [0.25, 0.3) is 0 Å². The summed E-state index contributed by atoms with van der Waals surface area (Å²) in [6.45, 7) is 0. The third-order valence-corrected chi connectivity index (χ3v) is 1.94. The minimum absolute atomic E-state index is 0. The van der Waals surface area contributed by atoms with Gasteiger partial charge in [0.25, 0.3) is 0 Å². The molecule has 1 aromatic rings. The Kier molecular flexibility index (Phi) is 2.65. The molecule has 1 rings (SSSR count). The second kappa shape index (κ2) is 3.53. The van der Waals surface area contributed by atoms with Gasteiger partial charge in [0.1, 0.15) is 5.82 Å². The lowest BCUT2D eigenvalue weighted by atomic mass is 10.3. The van der Waals surface area contributed by atoms with Crippen LogP contribution < -0.4 is 5.73 Å². The standard InChI is InChI=1S/C7H7BrN2O2.H2/c1-12-7(11)5-3-2-4(8)6(9)10-5;/h2-3H,1H3,(H2,9,10);1H. The fourth-order valence-electron chi connectivity index (χ4n) is 0.676. The fraction of sp³-hybridized carbons (Fsp3) is 0.143. The maximum absolute atomic E-state index is 10.9. The van der Waals surface area contributed by atoms with E-state index in [2.05, 4.69) is 25.7 Å². The van der Waals surface area contributed by atoms with Crippen molar-refractivity contribution in [3.63, 3.8) is 0 Å². The number of carbonyl (C=O) groups is 1. The number of hydrogen-bond acceptors (Lipinski definition) is 4. The van der Waals surface area contributed by atoms with E-state index in [4.69, 9.17) is 5.73 Å². The molecule has 0 spiro atoms. The quantitative estimate of drug-likeness (QED) is 0.745. The molecule has 0 saturated heterocycles. The molecular formula is C7H9BrN2O2. The maximum atomic E-state index is 10.9. The Labute approximate surface area is 79.3 Å². The number of hydrogen-bond donors (Lipinski definition) is 1. The molecule has 1 aromatic heterocycles. The molecule has 0 radical (unpaired) electrons. The van der Waals surface area contributed by atoms with Crippen LogP contribution in [-0.4, -0.2) is 18.1 Å². The second-order valence-electron chi connectivity index (χ2n) is 2.06. The van der Waals surface area contributed by atoms with Crippen molar-refractivity contribution in [1.82, 2.24) is 4.98 Å². The Balaban J connectivity index is 0.00000144. The van der Waals surface area contributed by atoms with Gasteiger partial charge in [0.2, 0.25) is 0 Å². The van der Waals surface area contributed by atoms with E-state index in [1.165, 1.54) is 13.2 Å². The van der Waals surface area contributed by atoms with Crippen molar-refractivity contribution < 1.29 is 11.0 Å². The average Bonchev–Trinajstić information content (AvgIpc) is 2.08. The summed E-state index contributed by atoms with van der Waals surface area (Å²) in [5.74, 6) is -0.216. The van der Waals surface area contributed by atoms with Crippen molar-refractivity contribution in [2.45, 2.75) is 0 Å². The van der Waals surface area contributed by atoms with Gasteiger partial charge in [-0.3, -0.25) is 0 Å². The zero-order valence-corrected chi connectivity index (χ0v) is 7.96. The number of nitrogens with two attached hydrogens (primary N) is 1. The van der Waals surface area contributed by atoms with Crippen LogP contribution in [0.2, 0.25) is 0 Å². The summed E-state index contributed by atoms with van der Waals surface area (Å²) in [6, 6.07) is 3.18. The summed E-state index contributed by atoms with van der Waals surface area (Å²) in [4.78, 5) is 14.7. The highest BCUT2D eigenvalue weighted by molar-refractivity contribution is 9.10. The van der Waals surface area contributed by atoms with Crippen LogP contribution in [0, 0.1) is 0 Å². The van der Waals surface area contributed by atoms with Gasteiger partial charge in [-0.05, 0) is 28.1 Å². The first kappa shape index (κ1) is 8.99. The molecule has 12 heavy (non-hydrogen) atoms. The molecule has 0 saturated carbocycles. The highest BCUT2D eigenvalue weighted by Gasteiger charge is 2.07. The number of halogens is 1. The summed E-state index contributed by atoms with van der Waals surface area (Å²) >= 11 is 3.16. The Hall–Kier alpha value is -1.10. The molecule has 5 heteroatoms. The number of anilines is 1. The van der Waals surface area contributed by atoms with Crippen LogP contribution in [0.4, 0.5) is 5.82 Å². The largest absolute Gasteiger partial charge is 0.464 e. The van der Waals surface area contributed by atoms with Crippen molar-refractivity contribution in [1.29, 1.82) is 0 Å². The minimum atomic E-state index is -0.491. The molecule has 1 heterocycles. The van der Waals surface area contributed by atoms with E-state index in [1.807, 2.05) is 0 Å². The van der Waals surface area contributed by atoms with Crippen LogP contribution in [0.15, 0.2) is 16.6 Å². The smallest absolute Gasteiger partial charge is 0.356 e. The number of aromatic nitrogens is 1. The highest BCUT2D eigenvalue weighted by Crippen LogP contribution is 2.16. The summed E-state index contributed by atoms with van der Waals surface area (Å²) in [5, 5.41) is 0. The Morgan fingerprint density at radius 1 is 1.75 bits per heavy atom. The molecule has 0 atom stereocenters. The van der Waals surface area contributed by atoms with E-state index < -0.39 is 5.97 Å². The first-order valence-corrected chi connectivity index (χ1v) is 3.95. The summed E-state index contributed by atoms with van der Waals surface area (Å²) in [6.07, 6.45) is 0. The number of nitrogen functional groups attached to an aromatic ring is 1. The lowest BCUT2D eigenvalue weighted by Crippen LogP contribution is -2.05. The number of carbonyl (C=O) groups excluding carboxylic acids is 1. The topological polar surface area (TPSA) is 65.2 Å². The predicted molar refractivity (Wildman–Crippen MR) is 49.8 cm³/mol. The van der Waals surface area contributed by atoms with Gasteiger partial charge in [-0.25, -0.2) is 9.78 Å². The van der Waals surface area contributed by atoms with Gasteiger partial charge < -0.3 is 10.5 Å². The van der Waals surface area contributed by atoms with E-state index in [-0.39, 0.29) is 12.9 Å². The molecule has 0 amide bonds. The average molecular weight is 233 g/mol. The number of methoxy groups -OCH3 is 1. The van der Waals surface area contributed by atoms with E-state index >= 15 is 0 Å². The molecule has 0 fully saturated rings. The van der Waals surface area contributed by atoms with E-state index in [0.29, 0.717) is 4.47 Å². The van der Waals surface area contributed by atoms with Crippen LogP contribution >= 0.6 is 15.9 Å². The number of esters is 1. The van der Waals surface area contributed by atoms with Gasteiger partial charge in [-0.15, -0.1) is 0 Å². The zero-order chi connectivity index (χ0) is 9.14. The second-order valence-corrected chi connectivity index (χ2v) is 2.91. The zero-order valence-electron chi connectivity index (χ0n) is 6.37. The summed E-state index contributed by atoms with van der Waals surface area (Å²) in [7, 11) is 1.29. The fourth-order valence-corrected chi connectivity index (χ4v) is 0.897. The SMILES string of the molecule is COC(=O)c1ccc(Br)c(N)n1.[HH]. The Morgan fingerprint density at radius 2 is 2.42 bits per heavy atom. The molecule has 0 aromatic carbocycles. The number of pyridine rings is 1. The normalized spacial score (nSPS) is 9.50. The van der Waals surface area contributed by atoms with Crippen molar-refractivity contribution in [3.8, 4) is 0 Å². The van der Waals surface area contributed by atoms with E-state index in [0.717, 1.165) is 0 Å². The maximum Gasteiger partial charge on any atom is 0.356 e. The van der Waals surface area contributed by atoms with Gasteiger partial charge >= 0.3 is 5.97 Å². The molecule has 0 aliphatic carbocycles. The first-order valence-electron chi connectivity index (χ1n) is 3.15. The van der Waals surface area contributed by atoms with Crippen molar-refractivity contribution in [2.75, 3.05) is 12.8 Å². The molecule has 0 unspecified atom stereocenters. The van der Waals surface area contributed by atoms with Crippen molar-refractivity contribution in [2.24, 2.45) is 0 Å².